The molecule has 1 aliphatic heterocycles. The number of hydrogen-bond acceptors (Lipinski definition) is 3. The molecule has 1 aromatic heterocycles. The highest BCUT2D eigenvalue weighted by molar-refractivity contribution is 6.33. The van der Waals surface area contributed by atoms with Crippen molar-refractivity contribution in [3.05, 3.63) is 87.2 Å². The minimum absolute atomic E-state index is 0.0464. The number of anilines is 2. The molecule has 3 aromatic rings. The number of para-hydroxylation sites is 1. The third-order valence-corrected chi connectivity index (χ3v) is 6.10. The van der Waals surface area contributed by atoms with E-state index in [0.29, 0.717) is 11.6 Å². The van der Waals surface area contributed by atoms with Gasteiger partial charge in [-0.15, -0.1) is 0 Å². The van der Waals surface area contributed by atoms with Gasteiger partial charge in [0.05, 0.1) is 22.9 Å². The van der Waals surface area contributed by atoms with Crippen molar-refractivity contribution < 1.29 is 0 Å². The van der Waals surface area contributed by atoms with E-state index in [2.05, 4.69) is 75.0 Å². The Labute approximate surface area is 194 Å². The number of hydrogen-bond donors (Lipinski definition) is 0. The summed E-state index contributed by atoms with van der Waals surface area (Å²) in [5, 5.41) is 1.43. The van der Waals surface area contributed by atoms with Crippen LogP contribution in [0.5, 0.6) is 0 Å². The summed E-state index contributed by atoms with van der Waals surface area (Å²) in [7, 11) is 4.16. The average molecular weight is 452 g/mol. The number of benzene rings is 2. The van der Waals surface area contributed by atoms with Crippen LogP contribution in [0.1, 0.15) is 43.3 Å². The third-order valence-electron chi connectivity index (χ3n) is 5.53. The Morgan fingerprint density at radius 1 is 0.968 bits per heavy atom. The van der Waals surface area contributed by atoms with Crippen molar-refractivity contribution in [2.24, 2.45) is 0 Å². The largest absolute Gasteiger partial charge is 0.377 e. The van der Waals surface area contributed by atoms with Gasteiger partial charge in [-0.25, -0.2) is 0 Å². The van der Waals surface area contributed by atoms with Crippen molar-refractivity contribution in [1.82, 2.24) is 4.98 Å². The lowest BCUT2D eigenvalue weighted by molar-refractivity contribution is 0.565. The fourth-order valence-electron chi connectivity index (χ4n) is 3.82. The molecule has 2 heterocycles. The molecule has 0 N–H and O–H groups in total. The SMILES string of the molecule is CN(C)c1cc(C(C)(C)C)nc2c1C=C(c1ccc(Cl)cc1)N(c1ccccc1Cl)C2. The molecule has 0 amide bonds. The molecule has 31 heavy (non-hydrogen) atoms. The maximum atomic E-state index is 6.63. The third kappa shape index (κ3) is 4.30. The van der Waals surface area contributed by atoms with E-state index >= 15 is 0 Å². The molecule has 1 aliphatic rings. The number of pyridine rings is 1. The Morgan fingerprint density at radius 3 is 2.26 bits per heavy atom. The summed E-state index contributed by atoms with van der Waals surface area (Å²) >= 11 is 12.8. The highest BCUT2D eigenvalue weighted by Gasteiger charge is 2.28. The minimum Gasteiger partial charge on any atom is -0.377 e. The van der Waals surface area contributed by atoms with E-state index in [1.54, 1.807) is 0 Å². The Morgan fingerprint density at radius 2 is 1.65 bits per heavy atom. The molecule has 0 saturated carbocycles. The van der Waals surface area contributed by atoms with Gasteiger partial charge in [-0.05, 0) is 42.0 Å². The van der Waals surface area contributed by atoms with E-state index in [1.807, 2.05) is 30.3 Å². The van der Waals surface area contributed by atoms with E-state index in [-0.39, 0.29) is 5.41 Å². The topological polar surface area (TPSA) is 19.4 Å². The first-order chi connectivity index (χ1) is 14.6. The van der Waals surface area contributed by atoms with Crippen molar-refractivity contribution in [2.45, 2.75) is 32.7 Å². The number of halogens is 2. The zero-order valence-corrected chi connectivity index (χ0v) is 20.1. The van der Waals surface area contributed by atoms with Gasteiger partial charge in [-0.1, -0.05) is 68.2 Å². The van der Waals surface area contributed by atoms with Crippen molar-refractivity contribution in [3.63, 3.8) is 0 Å². The molecule has 0 saturated heterocycles. The van der Waals surface area contributed by atoms with Gasteiger partial charge in [0.2, 0.25) is 0 Å². The van der Waals surface area contributed by atoms with E-state index in [0.717, 1.165) is 38.9 Å². The lowest BCUT2D eigenvalue weighted by Crippen LogP contribution is -2.28. The number of fused-ring (bicyclic) bond motifs is 1. The highest BCUT2D eigenvalue weighted by atomic mass is 35.5. The summed E-state index contributed by atoms with van der Waals surface area (Å²) in [6.07, 6.45) is 2.22. The summed E-state index contributed by atoms with van der Waals surface area (Å²) < 4.78 is 0. The van der Waals surface area contributed by atoms with Crippen LogP contribution in [-0.2, 0) is 12.0 Å². The summed E-state index contributed by atoms with van der Waals surface area (Å²) in [6.45, 7) is 7.23. The molecule has 5 heteroatoms. The summed E-state index contributed by atoms with van der Waals surface area (Å²) in [5.74, 6) is 0. The lowest BCUT2D eigenvalue weighted by atomic mass is 9.89. The molecular weight excluding hydrogens is 425 g/mol. The zero-order valence-electron chi connectivity index (χ0n) is 18.6. The Balaban J connectivity index is 1.97. The predicted molar refractivity (Wildman–Crippen MR) is 134 cm³/mol. The maximum Gasteiger partial charge on any atom is 0.0698 e. The quantitative estimate of drug-likeness (QED) is 0.417. The maximum absolute atomic E-state index is 6.63. The molecule has 3 nitrogen and oxygen atoms in total. The Kier molecular flexibility index (Phi) is 5.76. The molecule has 160 valence electrons. The van der Waals surface area contributed by atoms with Crippen LogP contribution in [0.4, 0.5) is 11.4 Å². The van der Waals surface area contributed by atoms with Crippen LogP contribution in [0.2, 0.25) is 10.0 Å². The molecule has 0 radical (unpaired) electrons. The van der Waals surface area contributed by atoms with Gasteiger partial charge in [-0.2, -0.15) is 0 Å². The predicted octanol–water partition coefficient (Wildman–Crippen LogP) is 7.27. The summed E-state index contributed by atoms with van der Waals surface area (Å²) in [6, 6.07) is 18.1. The standard InChI is InChI=1S/C26H27Cl2N3/c1-26(2,3)25-15-24(30(4)5)19-14-23(17-10-12-18(27)13-11-17)31(16-21(19)29-25)22-9-7-6-8-20(22)28/h6-15H,16H2,1-5H3. The Hall–Kier alpha value is -2.49. The summed E-state index contributed by atoms with van der Waals surface area (Å²) in [4.78, 5) is 9.50. The van der Waals surface area contributed by atoms with E-state index in [4.69, 9.17) is 28.2 Å². The Bertz CT molecular complexity index is 1140. The van der Waals surface area contributed by atoms with E-state index in [1.165, 1.54) is 5.69 Å². The lowest BCUT2D eigenvalue weighted by Gasteiger charge is -2.35. The summed E-state index contributed by atoms with van der Waals surface area (Å²) in [5.41, 5.74) is 7.52. The molecule has 0 spiro atoms. The van der Waals surface area contributed by atoms with Crippen LogP contribution in [-0.4, -0.2) is 19.1 Å². The molecule has 0 atom stereocenters. The normalized spacial score (nSPS) is 13.6. The molecule has 0 aliphatic carbocycles. The monoisotopic (exact) mass is 451 g/mol. The zero-order chi connectivity index (χ0) is 22.3. The first kappa shape index (κ1) is 21.7. The van der Waals surface area contributed by atoms with Gasteiger partial charge in [0.15, 0.2) is 0 Å². The highest BCUT2D eigenvalue weighted by Crippen LogP contribution is 2.41. The average Bonchev–Trinajstić information content (AvgIpc) is 2.72. The van der Waals surface area contributed by atoms with Gasteiger partial charge in [0.25, 0.3) is 0 Å². The van der Waals surface area contributed by atoms with Crippen LogP contribution >= 0.6 is 23.2 Å². The second-order valence-electron chi connectivity index (χ2n) is 9.11. The first-order valence-corrected chi connectivity index (χ1v) is 11.1. The van der Waals surface area contributed by atoms with Gasteiger partial charge in [0.1, 0.15) is 0 Å². The molecule has 4 rings (SSSR count). The van der Waals surface area contributed by atoms with Crippen LogP contribution in [0.3, 0.4) is 0 Å². The second-order valence-corrected chi connectivity index (χ2v) is 9.95. The minimum atomic E-state index is -0.0464. The molecule has 2 aromatic carbocycles. The van der Waals surface area contributed by atoms with Crippen LogP contribution < -0.4 is 9.80 Å². The van der Waals surface area contributed by atoms with Gasteiger partial charge >= 0.3 is 0 Å². The van der Waals surface area contributed by atoms with E-state index < -0.39 is 0 Å². The first-order valence-electron chi connectivity index (χ1n) is 10.4. The van der Waals surface area contributed by atoms with Crippen molar-refractivity contribution >= 4 is 46.3 Å². The van der Waals surface area contributed by atoms with Crippen LogP contribution in [0.25, 0.3) is 11.8 Å². The second kappa shape index (κ2) is 8.22. The molecular formula is C26H27Cl2N3. The number of rotatable bonds is 3. The van der Waals surface area contributed by atoms with Crippen molar-refractivity contribution in [1.29, 1.82) is 0 Å². The van der Waals surface area contributed by atoms with E-state index in [9.17, 15) is 0 Å². The smallest absolute Gasteiger partial charge is 0.0698 e. The molecule has 0 fully saturated rings. The number of aromatic nitrogens is 1. The van der Waals surface area contributed by atoms with Gasteiger partial charge < -0.3 is 9.80 Å². The van der Waals surface area contributed by atoms with Gasteiger partial charge in [0, 0.05) is 47.2 Å². The molecule has 0 unspecified atom stereocenters. The fourth-order valence-corrected chi connectivity index (χ4v) is 4.18. The van der Waals surface area contributed by atoms with Crippen LogP contribution in [0, 0.1) is 0 Å². The fraction of sp³-hybridized carbons (Fsp3) is 0.269. The van der Waals surface area contributed by atoms with Crippen molar-refractivity contribution in [3.8, 4) is 0 Å². The van der Waals surface area contributed by atoms with Crippen LogP contribution in [0.15, 0.2) is 54.6 Å². The number of nitrogens with zero attached hydrogens (tertiary/aromatic N) is 3. The van der Waals surface area contributed by atoms with Gasteiger partial charge in [-0.3, -0.25) is 4.98 Å². The molecule has 0 bridgehead atoms. The van der Waals surface area contributed by atoms with Crippen molar-refractivity contribution in [2.75, 3.05) is 23.9 Å².